The SMILES string of the molecule is CC/C=C\C/C=C\C/C=C\C/C=C\C/C=C\CCCC(=O)OCC(COC(=O)CCCCCCCCCCC/C=C\C/C=C\CCCCC)OC(=O)CCCCCCCCCCCCCCCCCCCC. The first kappa shape index (κ1) is 68.6. The Balaban J connectivity index is 4.44. The van der Waals surface area contributed by atoms with Gasteiger partial charge >= 0.3 is 17.9 Å². The summed E-state index contributed by atoms with van der Waals surface area (Å²) in [5, 5.41) is 0. The number of carbonyl (C=O) groups excluding carboxylic acids is 3. The molecule has 0 aliphatic carbocycles. The highest BCUT2D eigenvalue weighted by Crippen LogP contribution is 2.16. The smallest absolute Gasteiger partial charge is 0.306 e. The van der Waals surface area contributed by atoms with Gasteiger partial charge in [-0.25, -0.2) is 0 Å². The lowest BCUT2D eigenvalue weighted by Gasteiger charge is -2.18. The van der Waals surface area contributed by atoms with E-state index >= 15 is 0 Å². The van der Waals surface area contributed by atoms with Gasteiger partial charge in [-0.1, -0.05) is 273 Å². The molecule has 0 rings (SSSR count). The Morgan fingerprint density at radius 1 is 0.292 bits per heavy atom. The van der Waals surface area contributed by atoms with E-state index in [4.69, 9.17) is 14.2 Å². The molecular weight excluding hydrogens is 889 g/mol. The monoisotopic (exact) mass is 1000 g/mol. The zero-order chi connectivity index (χ0) is 52.2. The van der Waals surface area contributed by atoms with Crippen molar-refractivity contribution in [3.05, 3.63) is 85.1 Å². The number of carbonyl (C=O) groups is 3. The lowest BCUT2D eigenvalue weighted by Crippen LogP contribution is -2.30. The van der Waals surface area contributed by atoms with E-state index in [9.17, 15) is 14.4 Å². The first-order chi connectivity index (χ1) is 35.5. The fourth-order valence-corrected chi connectivity index (χ4v) is 8.57. The predicted molar refractivity (Wildman–Crippen MR) is 311 cm³/mol. The minimum absolute atomic E-state index is 0.0943. The second-order valence-electron chi connectivity index (χ2n) is 20.2. The number of ether oxygens (including phenoxy) is 3. The van der Waals surface area contributed by atoms with Gasteiger partial charge in [-0.15, -0.1) is 0 Å². The third kappa shape index (κ3) is 57.5. The van der Waals surface area contributed by atoms with Crippen LogP contribution in [0.1, 0.15) is 297 Å². The predicted octanol–water partition coefficient (Wildman–Crippen LogP) is 20.7. The summed E-state index contributed by atoms with van der Waals surface area (Å²) in [4.78, 5) is 38.2. The Hall–Kier alpha value is -3.41. The largest absolute Gasteiger partial charge is 0.462 e. The van der Waals surface area contributed by atoms with Gasteiger partial charge in [0.15, 0.2) is 6.10 Å². The van der Waals surface area contributed by atoms with Gasteiger partial charge in [0, 0.05) is 19.3 Å². The van der Waals surface area contributed by atoms with Gasteiger partial charge in [0.2, 0.25) is 0 Å². The van der Waals surface area contributed by atoms with Crippen LogP contribution < -0.4 is 0 Å². The fourth-order valence-electron chi connectivity index (χ4n) is 8.57. The molecule has 0 spiro atoms. The molecule has 0 fully saturated rings. The molecule has 0 aromatic rings. The van der Waals surface area contributed by atoms with E-state index in [0.29, 0.717) is 19.3 Å². The fraction of sp³-hybridized carbons (Fsp3) is 0.742. The molecule has 1 atom stereocenters. The van der Waals surface area contributed by atoms with Gasteiger partial charge in [0.25, 0.3) is 0 Å². The summed E-state index contributed by atoms with van der Waals surface area (Å²) in [5.74, 6) is -0.947. The molecule has 0 N–H and O–H groups in total. The Morgan fingerprint density at radius 2 is 0.556 bits per heavy atom. The van der Waals surface area contributed by atoms with Crippen LogP contribution in [0.4, 0.5) is 0 Å². The normalized spacial score (nSPS) is 12.7. The molecule has 0 aromatic heterocycles. The van der Waals surface area contributed by atoms with Crippen molar-refractivity contribution in [1.29, 1.82) is 0 Å². The number of hydrogen-bond donors (Lipinski definition) is 0. The maximum atomic E-state index is 12.9. The van der Waals surface area contributed by atoms with E-state index in [2.05, 4.69) is 106 Å². The summed E-state index contributed by atoms with van der Waals surface area (Å²) in [5.41, 5.74) is 0. The Labute approximate surface area is 445 Å². The number of unbranched alkanes of at least 4 members (excludes halogenated alkanes) is 30. The second-order valence-corrected chi connectivity index (χ2v) is 20.2. The van der Waals surface area contributed by atoms with Gasteiger partial charge in [-0.05, 0) is 89.9 Å². The molecule has 0 aromatic carbocycles. The number of hydrogen-bond acceptors (Lipinski definition) is 6. The first-order valence-corrected chi connectivity index (χ1v) is 30.6. The highest BCUT2D eigenvalue weighted by Gasteiger charge is 2.19. The number of rotatable bonds is 55. The molecule has 1 unspecified atom stereocenters. The molecule has 6 heteroatoms. The quantitative estimate of drug-likeness (QED) is 0.0261. The minimum atomic E-state index is -0.801. The summed E-state index contributed by atoms with van der Waals surface area (Å²) < 4.78 is 16.9. The van der Waals surface area contributed by atoms with E-state index in [1.165, 1.54) is 167 Å². The van der Waals surface area contributed by atoms with Crippen LogP contribution in [0.5, 0.6) is 0 Å². The lowest BCUT2D eigenvalue weighted by molar-refractivity contribution is -0.167. The van der Waals surface area contributed by atoms with Crippen molar-refractivity contribution >= 4 is 17.9 Å². The van der Waals surface area contributed by atoms with Crippen molar-refractivity contribution in [2.75, 3.05) is 13.2 Å². The number of allylic oxidation sites excluding steroid dienone is 14. The van der Waals surface area contributed by atoms with Gasteiger partial charge in [0.05, 0.1) is 0 Å². The van der Waals surface area contributed by atoms with E-state index in [1.807, 2.05) is 0 Å². The highest BCUT2D eigenvalue weighted by atomic mass is 16.6. The molecule has 6 nitrogen and oxygen atoms in total. The standard InChI is InChI=1S/C66H114O6/c1-4-7-10-13-16-19-22-25-28-31-33-36-38-41-44-47-50-53-56-59-65(68)71-62-63(61-70-64(67)58-55-52-49-46-43-40-37-34-30-27-24-21-18-15-12-9-6-3)72-66(69)60-57-54-51-48-45-42-39-35-32-29-26-23-20-17-14-11-8-5-2/h9,12,16,18-19,21,25,27-28,30,37,40,46,49,63H,4-8,10-11,13-15,17,20,22-24,26,29,31-36,38-39,41-45,47-48,50-62H2,1-3H3/b12-9-,19-16-,21-18-,28-25-,30-27-,40-37-,49-46-. The van der Waals surface area contributed by atoms with Crippen LogP contribution in [0.15, 0.2) is 85.1 Å². The first-order valence-electron chi connectivity index (χ1n) is 30.6. The summed E-state index contributed by atoms with van der Waals surface area (Å²) in [6, 6.07) is 0. The zero-order valence-corrected chi connectivity index (χ0v) is 47.4. The van der Waals surface area contributed by atoms with Gasteiger partial charge in [-0.3, -0.25) is 14.4 Å². The van der Waals surface area contributed by atoms with Crippen molar-refractivity contribution in [1.82, 2.24) is 0 Å². The van der Waals surface area contributed by atoms with Crippen LogP contribution in [0.2, 0.25) is 0 Å². The van der Waals surface area contributed by atoms with Crippen LogP contribution in [0.25, 0.3) is 0 Å². The Kier molecular flexibility index (Phi) is 57.3. The summed E-state index contributed by atoms with van der Waals surface area (Å²) >= 11 is 0. The molecule has 0 amide bonds. The zero-order valence-electron chi connectivity index (χ0n) is 47.4. The van der Waals surface area contributed by atoms with Crippen molar-refractivity contribution in [3.63, 3.8) is 0 Å². The lowest BCUT2D eigenvalue weighted by atomic mass is 10.0. The van der Waals surface area contributed by atoms with Gasteiger partial charge < -0.3 is 14.2 Å². The third-order valence-corrected chi connectivity index (χ3v) is 13.1. The van der Waals surface area contributed by atoms with Crippen molar-refractivity contribution in [3.8, 4) is 0 Å². The van der Waals surface area contributed by atoms with Crippen molar-refractivity contribution < 1.29 is 28.6 Å². The molecule has 0 aliphatic heterocycles. The highest BCUT2D eigenvalue weighted by molar-refractivity contribution is 5.71. The van der Waals surface area contributed by atoms with Crippen molar-refractivity contribution in [2.45, 2.75) is 303 Å². The van der Waals surface area contributed by atoms with E-state index in [-0.39, 0.29) is 37.5 Å². The van der Waals surface area contributed by atoms with Gasteiger partial charge in [0.1, 0.15) is 13.2 Å². The van der Waals surface area contributed by atoms with E-state index < -0.39 is 6.10 Å². The van der Waals surface area contributed by atoms with Crippen LogP contribution >= 0.6 is 0 Å². The summed E-state index contributed by atoms with van der Waals surface area (Å²) in [7, 11) is 0. The minimum Gasteiger partial charge on any atom is -0.462 e. The molecular formula is C66H114O6. The maximum Gasteiger partial charge on any atom is 0.306 e. The summed E-state index contributed by atoms with van der Waals surface area (Å²) in [6.45, 7) is 6.48. The molecule has 0 bridgehead atoms. The topological polar surface area (TPSA) is 78.9 Å². The average molecular weight is 1000 g/mol. The van der Waals surface area contributed by atoms with Crippen molar-refractivity contribution in [2.24, 2.45) is 0 Å². The van der Waals surface area contributed by atoms with Crippen LogP contribution in [-0.2, 0) is 28.6 Å². The average Bonchev–Trinajstić information content (AvgIpc) is 3.38. The van der Waals surface area contributed by atoms with E-state index in [0.717, 1.165) is 83.5 Å². The Bertz CT molecular complexity index is 1380. The molecule has 414 valence electrons. The molecule has 0 heterocycles. The van der Waals surface area contributed by atoms with Gasteiger partial charge in [-0.2, -0.15) is 0 Å². The molecule has 0 saturated carbocycles. The van der Waals surface area contributed by atoms with Crippen LogP contribution in [0.3, 0.4) is 0 Å². The maximum absolute atomic E-state index is 12.9. The second kappa shape index (κ2) is 60.1. The van der Waals surface area contributed by atoms with Crippen LogP contribution in [-0.4, -0.2) is 37.2 Å². The molecule has 0 saturated heterocycles. The van der Waals surface area contributed by atoms with Crippen LogP contribution in [0, 0.1) is 0 Å². The molecule has 0 aliphatic rings. The molecule has 72 heavy (non-hydrogen) atoms. The molecule has 0 radical (unpaired) electrons. The van der Waals surface area contributed by atoms with E-state index in [1.54, 1.807) is 0 Å². The Morgan fingerprint density at radius 3 is 0.931 bits per heavy atom. The summed E-state index contributed by atoms with van der Waals surface area (Å²) in [6.07, 6.45) is 78.7. The third-order valence-electron chi connectivity index (χ3n) is 13.1. The number of esters is 3.